The molecule has 3 heteroatoms. The highest BCUT2D eigenvalue weighted by Gasteiger charge is 2.13. The van der Waals surface area contributed by atoms with E-state index in [1.807, 2.05) is 18.2 Å². The summed E-state index contributed by atoms with van der Waals surface area (Å²) in [6, 6.07) is 8.44. The van der Waals surface area contributed by atoms with Gasteiger partial charge in [-0.15, -0.1) is 0 Å². The highest BCUT2D eigenvalue weighted by Crippen LogP contribution is 2.16. The van der Waals surface area contributed by atoms with E-state index in [2.05, 4.69) is 29.7 Å². The summed E-state index contributed by atoms with van der Waals surface area (Å²) >= 11 is 0. The molecule has 0 atom stereocenters. The Hall–Kier alpha value is -1.77. The molecule has 1 aromatic rings. The monoisotopic (exact) mass is 272 g/mol. The predicted octanol–water partition coefficient (Wildman–Crippen LogP) is 3.99. The van der Waals surface area contributed by atoms with E-state index >= 15 is 0 Å². The molecule has 2 rings (SSSR count). The first kappa shape index (κ1) is 14.6. The lowest BCUT2D eigenvalue weighted by atomic mass is 10.1. The third-order valence-corrected chi connectivity index (χ3v) is 3.76. The minimum absolute atomic E-state index is 0.0970. The summed E-state index contributed by atoms with van der Waals surface area (Å²) in [5.74, 6) is 0. The molecule has 108 valence electrons. The Bertz CT molecular complexity index is 443. The lowest BCUT2D eigenvalue weighted by Crippen LogP contribution is -2.39. The van der Waals surface area contributed by atoms with Gasteiger partial charge in [0.2, 0.25) is 0 Å². The van der Waals surface area contributed by atoms with Crippen LogP contribution in [-0.4, -0.2) is 12.1 Å². The number of hydrogen-bond acceptors (Lipinski definition) is 1. The van der Waals surface area contributed by atoms with E-state index < -0.39 is 0 Å². The molecule has 0 radical (unpaired) electrons. The van der Waals surface area contributed by atoms with Gasteiger partial charge in [0.25, 0.3) is 0 Å². The fourth-order valence-electron chi connectivity index (χ4n) is 2.54. The molecule has 0 aliphatic heterocycles. The van der Waals surface area contributed by atoms with E-state index in [4.69, 9.17) is 0 Å². The smallest absolute Gasteiger partial charge is 0.318 e. The zero-order valence-corrected chi connectivity index (χ0v) is 12.2. The molecule has 0 unspecified atom stereocenters. The van der Waals surface area contributed by atoms with Crippen molar-refractivity contribution in [2.75, 3.05) is 0 Å². The zero-order valence-electron chi connectivity index (χ0n) is 12.2. The molecule has 2 N–H and O–H groups in total. The molecule has 1 aromatic carbocycles. The molecule has 3 nitrogen and oxygen atoms in total. The summed E-state index contributed by atoms with van der Waals surface area (Å²) in [5.41, 5.74) is 2.33. The number of rotatable bonds is 3. The van der Waals surface area contributed by atoms with Gasteiger partial charge in [0.1, 0.15) is 0 Å². The highest BCUT2D eigenvalue weighted by molar-refractivity contribution is 5.76. The van der Waals surface area contributed by atoms with Crippen LogP contribution in [0.5, 0.6) is 0 Å². The summed E-state index contributed by atoms with van der Waals surface area (Å²) < 4.78 is 0. The maximum atomic E-state index is 11.8. The number of amides is 2. The Morgan fingerprint density at radius 2 is 1.75 bits per heavy atom. The second-order valence-electron chi connectivity index (χ2n) is 5.55. The standard InChI is InChI=1S/C17H24N2O/c1-14-8-10-15(11-9-14)12-13-18-17(20)19-16-6-4-2-3-5-7-16/h8-13,16H,2-7H2,1H3,(H2,18,19,20)/b13-12+. The van der Waals surface area contributed by atoms with Crippen LogP contribution in [0, 0.1) is 6.92 Å². The van der Waals surface area contributed by atoms with Gasteiger partial charge in [0, 0.05) is 12.2 Å². The fraction of sp³-hybridized carbons (Fsp3) is 0.471. The van der Waals surface area contributed by atoms with Crippen LogP contribution in [0.25, 0.3) is 6.08 Å². The lowest BCUT2D eigenvalue weighted by molar-refractivity contribution is 0.239. The highest BCUT2D eigenvalue weighted by atomic mass is 16.2. The van der Waals surface area contributed by atoms with Crippen molar-refractivity contribution in [3.8, 4) is 0 Å². The van der Waals surface area contributed by atoms with Crippen molar-refractivity contribution in [3.05, 3.63) is 41.6 Å². The average Bonchev–Trinajstić information content (AvgIpc) is 2.70. The van der Waals surface area contributed by atoms with Crippen LogP contribution in [0.3, 0.4) is 0 Å². The number of hydrogen-bond donors (Lipinski definition) is 2. The molecular weight excluding hydrogens is 248 g/mol. The Labute approximate surface area is 121 Å². The second kappa shape index (κ2) is 7.73. The topological polar surface area (TPSA) is 41.1 Å². The molecular formula is C17H24N2O. The molecule has 0 aromatic heterocycles. The van der Waals surface area contributed by atoms with E-state index in [-0.39, 0.29) is 6.03 Å². The summed E-state index contributed by atoms with van der Waals surface area (Å²) in [4.78, 5) is 11.8. The zero-order chi connectivity index (χ0) is 14.2. The molecule has 0 saturated heterocycles. The number of urea groups is 1. The predicted molar refractivity (Wildman–Crippen MR) is 83.4 cm³/mol. The molecule has 0 heterocycles. The largest absolute Gasteiger partial charge is 0.335 e. The molecule has 20 heavy (non-hydrogen) atoms. The number of benzene rings is 1. The number of aryl methyl sites for hydroxylation is 1. The van der Waals surface area contributed by atoms with Crippen molar-refractivity contribution in [2.45, 2.75) is 51.5 Å². The number of nitrogens with one attached hydrogen (secondary N) is 2. The van der Waals surface area contributed by atoms with Crippen molar-refractivity contribution in [2.24, 2.45) is 0 Å². The Balaban J connectivity index is 1.75. The van der Waals surface area contributed by atoms with Gasteiger partial charge in [0.05, 0.1) is 0 Å². The van der Waals surface area contributed by atoms with Crippen LogP contribution in [0.15, 0.2) is 30.5 Å². The minimum atomic E-state index is -0.0970. The van der Waals surface area contributed by atoms with Crippen LogP contribution in [0.1, 0.15) is 49.7 Å². The normalized spacial score (nSPS) is 16.9. The van der Waals surface area contributed by atoms with Crippen LogP contribution >= 0.6 is 0 Å². The maximum Gasteiger partial charge on any atom is 0.318 e. The van der Waals surface area contributed by atoms with Crippen LogP contribution in [-0.2, 0) is 0 Å². The van der Waals surface area contributed by atoms with E-state index in [9.17, 15) is 4.79 Å². The first-order valence-corrected chi connectivity index (χ1v) is 7.54. The van der Waals surface area contributed by atoms with Crippen LogP contribution in [0.2, 0.25) is 0 Å². The van der Waals surface area contributed by atoms with Crippen LogP contribution < -0.4 is 10.6 Å². The Morgan fingerprint density at radius 3 is 2.40 bits per heavy atom. The summed E-state index contributed by atoms with van der Waals surface area (Å²) in [7, 11) is 0. The summed E-state index contributed by atoms with van der Waals surface area (Å²) in [6.07, 6.45) is 10.9. The third-order valence-electron chi connectivity index (χ3n) is 3.76. The third kappa shape index (κ3) is 5.08. The molecule has 1 aliphatic carbocycles. The summed E-state index contributed by atoms with van der Waals surface area (Å²) in [5, 5.41) is 5.84. The Kier molecular flexibility index (Phi) is 5.66. The van der Waals surface area contributed by atoms with Crippen molar-refractivity contribution >= 4 is 12.1 Å². The fourth-order valence-corrected chi connectivity index (χ4v) is 2.54. The average molecular weight is 272 g/mol. The molecule has 1 saturated carbocycles. The van der Waals surface area contributed by atoms with Gasteiger partial charge in [-0.05, 0) is 31.4 Å². The second-order valence-corrected chi connectivity index (χ2v) is 5.55. The first-order valence-electron chi connectivity index (χ1n) is 7.54. The van der Waals surface area contributed by atoms with Crippen molar-refractivity contribution in [1.29, 1.82) is 0 Å². The molecule has 0 bridgehead atoms. The number of carbonyl (C=O) groups excluding carboxylic acids is 1. The van der Waals surface area contributed by atoms with Crippen molar-refractivity contribution in [3.63, 3.8) is 0 Å². The molecule has 0 spiro atoms. The van der Waals surface area contributed by atoms with Crippen molar-refractivity contribution in [1.82, 2.24) is 10.6 Å². The molecule has 2 amide bonds. The number of carbonyl (C=O) groups is 1. The van der Waals surface area contributed by atoms with E-state index in [0.29, 0.717) is 6.04 Å². The molecule has 1 fully saturated rings. The van der Waals surface area contributed by atoms with Gasteiger partial charge in [-0.25, -0.2) is 4.79 Å². The Morgan fingerprint density at radius 1 is 1.10 bits per heavy atom. The van der Waals surface area contributed by atoms with Gasteiger partial charge in [-0.1, -0.05) is 55.5 Å². The minimum Gasteiger partial charge on any atom is -0.335 e. The van der Waals surface area contributed by atoms with Gasteiger partial charge < -0.3 is 10.6 Å². The van der Waals surface area contributed by atoms with Crippen LogP contribution in [0.4, 0.5) is 4.79 Å². The summed E-state index contributed by atoms with van der Waals surface area (Å²) in [6.45, 7) is 2.06. The molecule has 1 aliphatic rings. The van der Waals surface area contributed by atoms with Gasteiger partial charge in [-0.2, -0.15) is 0 Å². The maximum absolute atomic E-state index is 11.8. The lowest BCUT2D eigenvalue weighted by Gasteiger charge is -2.15. The SMILES string of the molecule is Cc1ccc(/C=C/NC(=O)NC2CCCCCC2)cc1. The van der Waals surface area contributed by atoms with Gasteiger partial charge in [-0.3, -0.25) is 0 Å². The van der Waals surface area contributed by atoms with E-state index in [0.717, 1.165) is 18.4 Å². The first-order chi connectivity index (χ1) is 9.74. The van der Waals surface area contributed by atoms with Gasteiger partial charge >= 0.3 is 6.03 Å². The van der Waals surface area contributed by atoms with E-state index in [1.165, 1.54) is 31.2 Å². The quantitative estimate of drug-likeness (QED) is 0.803. The van der Waals surface area contributed by atoms with Crippen molar-refractivity contribution < 1.29 is 4.79 Å². The van der Waals surface area contributed by atoms with E-state index in [1.54, 1.807) is 6.20 Å². The van der Waals surface area contributed by atoms with Gasteiger partial charge in [0.15, 0.2) is 0 Å².